The summed E-state index contributed by atoms with van der Waals surface area (Å²) in [6.45, 7) is 5.65. The molecule has 88 valence electrons. The van der Waals surface area contributed by atoms with Crippen LogP contribution in [0.1, 0.15) is 20.8 Å². The van der Waals surface area contributed by atoms with Gasteiger partial charge in [0, 0.05) is 11.7 Å². The fraction of sp³-hybridized carbons (Fsp3) is 0.417. The summed E-state index contributed by atoms with van der Waals surface area (Å²) in [5.74, 6) is 0. The number of hydrogen-bond donors (Lipinski definition) is 3. The van der Waals surface area contributed by atoms with E-state index < -0.39 is 5.54 Å². The second-order valence-corrected chi connectivity index (χ2v) is 4.46. The number of benzene rings is 1. The number of urea groups is 1. The zero-order chi connectivity index (χ0) is 12.2. The normalized spacial score (nSPS) is 13.0. The van der Waals surface area contributed by atoms with Crippen molar-refractivity contribution in [1.82, 2.24) is 5.32 Å². The molecule has 0 bridgehead atoms. The van der Waals surface area contributed by atoms with E-state index in [2.05, 4.69) is 10.6 Å². The van der Waals surface area contributed by atoms with Crippen LogP contribution in [0.25, 0.3) is 0 Å². The van der Waals surface area contributed by atoms with Gasteiger partial charge in [-0.2, -0.15) is 0 Å². The third kappa shape index (κ3) is 3.55. The highest BCUT2D eigenvalue weighted by molar-refractivity contribution is 5.89. The summed E-state index contributed by atoms with van der Waals surface area (Å²) >= 11 is 0. The number of hydrogen-bond acceptors (Lipinski definition) is 2. The van der Waals surface area contributed by atoms with Crippen LogP contribution < -0.4 is 16.4 Å². The molecule has 0 spiro atoms. The highest BCUT2D eigenvalue weighted by Gasteiger charge is 2.24. The molecule has 4 heteroatoms. The van der Waals surface area contributed by atoms with Gasteiger partial charge in [-0.25, -0.2) is 4.79 Å². The molecule has 1 aromatic rings. The lowest BCUT2D eigenvalue weighted by Gasteiger charge is -2.30. The number of nitrogens with two attached hydrogens (primary N) is 1. The maximum Gasteiger partial charge on any atom is 0.319 e. The number of amides is 2. The number of carbonyl (C=O) groups is 1. The first-order valence-corrected chi connectivity index (χ1v) is 5.31. The third-order valence-corrected chi connectivity index (χ3v) is 2.61. The number of nitrogens with one attached hydrogen (secondary N) is 2. The summed E-state index contributed by atoms with van der Waals surface area (Å²) in [6, 6.07) is 8.94. The van der Waals surface area contributed by atoms with Crippen LogP contribution in [0.2, 0.25) is 0 Å². The van der Waals surface area contributed by atoms with Crippen LogP contribution in [0.5, 0.6) is 0 Å². The van der Waals surface area contributed by atoms with E-state index in [0.717, 1.165) is 5.69 Å². The number of carbonyl (C=O) groups excluding carboxylic acids is 1. The summed E-state index contributed by atoms with van der Waals surface area (Å²) in [5.41, 5.74) is 6.10. The monoisotopic (exact) mass is 221 g/mol. The van der Waals surface area contributed by atoms with Gasteiger partial charge in [-0.15, -0.1) is 0 Å². The molecule has 1 unspecified atom stereocenters. The molecule has 0 aromatic heterocycles. The lowest BCUT2D eigenvalue weighted by atomic mass is 9.97. The molecule has 4 N–H and O–H groups in total. The Labute approximate surface area is 96.2 Å². The van der Waals surface area contributed by atoms with Crippen LogP contribution in [0.4, 0.5) is 10.5 Å². The van der Waals surface area contributed by atoms with Gasteiger partial charge in [0.05, 0.1) is 5.54 Å². The van der Waals surface area contributed by atoms with Crippen LogP contribution in [0, 0.1) is 0 Å². The van der Waals surface area contributed by atoms with Gasteiger partial charge in [0.15, 0.2) is 0 Å². The van der Waals surface area contributed by atoms with Crippen LogP contribution in [-0.2, 0) is 0 Å². The van der Waals surface area contributed by atoms with Gasteiger partial charge in [-0.05, 0) is 32.9 Å². The van der Waals surface area contributed by atoms with E-state index in [-0.39, 0.29) is 12.1 Å². The highest BCUT2D eigenvalue weighted by atomic mass is 16.2. The van der Waals surface area contributed by atoms with Crippen molar-refractivity contribution in [2.24, 2.45) is 5.73 Å². The first-order valence-electron chi connectivity index (χ1n) is 5.31. The fourth-order valence-corrected chi connectivity index (χ4v) is 1.09. The fourth-order valence-electron chi connectivity index (χ4n) is 1.09. The zero-order valence-electron chi connectivity index (χ0n) is 9.95. The molecule has 0 heterocycles. The van der Waals surface area contributed by atoms with E-state index in [1.807, 2.05) is 51.1 Å². The zero-order valence-corrected chi connectivity index (χ0v) is 9.95. The van der Waals surface area contributed by atoms with Crippen molar-refractivity contribution in [2.45, 2.75) is 32.4 Å². The van der Waals surface area contributed by atoms with Gasteiger partial charge in [0.1, 0.15) is 0 Å². The Balaban J connectivity index is 2.55. The molecule has 0 aliphatic heterocycles. The smallest absolute Gasteiger partial charge is 0.319 e. The Morgan fingerprint density at radius 3 is 2.38 bits per heavy atom. The molecule has 0 saturated carbocycles. The molecule has 0 radical (unpaired) electrons. The largest absolute Gasteiger partial charge is 0.331 e. The van der Waals surface area contributed by atoms with E-state index in [9.17, 15) is 4.79 Å². The molecule has 0 fully saturated rings. The lowest BCUT2D eigenvalue weighted by Crippen LogP contribution is -2.55. The van der Waals surface area contributed by atoms with Crippen LogP contribution in [-0.4, -0.2) is 17.6 Å². The number of anilines is 1. The molecule has 16 heavy (non-hydrogen) atoms. The maximum atomic E-state index is 11.7. The SMILES string of the molecule is CC(N)C(C)(C)NC(=O)Nc1ccccc1. The highest BCUT2D eigenvalue weighted by Crippen LogP contribution is 2.08. The predicted molar refractivity (Wildman–Crippen MR) is 66.3 cm³/mol. The van der Waals surface area contributed by atoms with E-state index in [4.69, 9.17) is 5.73 Å². The number of para-hydroxylation sites is 1. The van der Waals surface area contributed by atoms with E-state index in [0.29, 0.717) is 0 Å². The molecule has 1 rings (SSSR count). The summed E-state index contributed by atoms with van der Waals surface area (Å²) in [5, 5.41) is 5.58. The predicted octanol–water partition coefficient (Wildman–Crippen LogP) is 1.93. The van der Waals surface area contributed by atoms with Gasteiger partial charge < -0.3 is 16.4 Å². The summed E-state index contributed by atoms with van der Waals surface area (Å²) in [7, 11) is 0. The topological polar surface area (TPSA) is 67.1 Å². The van der Waals surface area contributed by atoms with Gasteiger partial charge in [0.2, 0.25) is 0 Å². The quantitative estimate of drug-likeness (QED) is 0.730. The Hall–Kier alpha value is -1.55. The van der Waals surface area contributed by atoms with Crippen molar-refractivity contribution < 1.29 is 4.79 Å². The molecule has 0 aliphatic rings. The van der Waals surface area contributed by atoms with Gasteiger partial charge in [-0.3, -0.25) is 0 Å². The van der Waals surface area contributed by atoms with Crippen molar-refractivity contribution in [2.75, 3.05) is 5.32 Å². The average Bonchev–Trinajstić information content (AvgIpc) is 2.17. The van der Waals surface area contributed by atoms with Crippen molar-refractivity contribution >= 4 is 11.7 Å². The Morgan fingerprint density at radius 2 is 1.88 bits per heavy atom. The summed E-state index contributed by atoms with van der Waals surface area (Å²) in [4.78, 5) is 11.7. The van der Waals surface area contributed by atoms with Crippen molar-refractivity contribution in [3.8, 4) is 0 Å². The second kappa shape index (κ2) is 4.99. The third-order valence-electron chi connectivity index (χ3n) is 2.61. The van der Waals surface area contributed by atoms with Crippen LogP contribution in [0.3, 0.4) is 0 Å². The maximum absolute atomic E-state index is 11.7. The molecule has 0 saturated heterocycles. The summed E-state index contributed by atoms with van der Waals surface area (Å²) < 4.78 is 0. The minimum atomic E-state index is -0.432. The first kappa shape index (κ1) is 12.5. The first-order chi connectivity index (χ1) is 7.42. The van der Waals surface area contributed by atoms with E-state index >= 15 is 0 Å². The molecular weight excluding hydrogens is 202 g/mol. The molecule has 1 atom stereocenters. The van der Waals surface area contributed by atoms with Crippen LogP contribution >= 0.6 is 0 Å². The standard InChI is InChI=1S/C12H19N3O/c1-9(13)12(2,3)15-11(16)14-10-7-5-4-6-8-10/h4-9H,13H2,1-3H3,(H2,14,15,16). The van der Waals surface area contributed by atoms with E-state index in [1.54, 1.807) is 0 Å². The van der Waals surface area contributed by atoms with Crippen LogP contribution in [0.15, 0.2) is 30.3 Å². The van der Waals surface area contributed by atoms with Crippen molar-refractivity contribution in [3.63, 3.8) is 0 Å². The van der Waals surface area contributed by atoms with Gasteiger partial charge >= 0.3 is 6.03 Å². The van der Waals surface area contributed by atoms with Crippen molar-refractivity contribution in [3.05, 3.63) is 30.3 Å². The minimum Gasteiger partial charge on any atom is -0.331 e. The Morgan fingerprint density at radius 1 is 1.31 bits per heavy atom. The van der Waals surface area contributed by atoms with E-state index in [1.165, 1.54) is 0 Å². The molecular formula is C12H19N3O. The second-order valence-electron chi connectivity index (χ2n) is 4.46. The number of rotatable bonds is 3. The Kier molecular flexibility index (Phi) is 3.90. The average molecular weight is 221 g/mol. The summed E-state index contributed by atoms with van der Waals surface area (Å²) in [6.07, 6.45) is 0. The lowest BCUT2D eigenvalue weighted by molar-refractivity contribution is 0.237. The van der Waals surface area contributed by atoms with Gasteiger partial charge in [0.25, 0.3) is 0 Å². The van der Waals surface area contributed by atoms with Gasteiger partial charge in [-0.1, -0.05) is 18.2 Å². The molecule has 2 amide bonds. The molecule has 4 nitrogen and oxygen atoms in total. The molecule has 1 aromatic carbocycles. The minimum absolute atomic E-state index is 0.117. The van der Waals surface area contributed by atoms with Crippen molar-refractivity contribution in [1.29, 1.82) is 0 Å². The Bertz CT molecular complexity index is 347. The molecule has 0 aliphatic carbocycles.